The highest BCUT2D eigenvalue weighted by atomic mass is 16.5. The number of nitrogens with zero attached hydrogens (tertiary/aromatic N) is 1. The molecule has 1 aliphatic rings. The SMILES string of the molecule is CNC(=O)c1nccc(C)c1OC1CC1. The molecule has 15 heavy (non-hydrogen) atoms. The van der Waals surface area contributed by atoms with E-state index in [2.05, 4.69) is 10.3 Å². The number of nitrogens with one attached hydrogen (secondary N) is 1. The zero-order valence-corrected chi connectivity index (χ0v) is 8.91. The van der Waals surface area contributed by atoms with Crippen LogP contribution in [0.3, 0.4) is 0 Å². The molecular weight excluding hydrogens is 192 g/mol. The molecule has 0 radical (unpaired) electrons. The number of rotatable bonds is 3. The molecule has 2 rings (SSSR count). The fraction of sp³-hybridized carbons (Fsp3) is 0.455. The van der Waals surface area contributed by atoms with Crippen molar-refractivity contribution in [2.75, 3.05) is 7.05 Å². The summed E-state index contributed by atoms with van der Waals surface area (Å²) in [6.45, 7) is 1.92. The average molecular weight is 206 g/mol. The molecule has 0 aromatic carbocycles. The number of hydrogen-bond acceptors (Lipinski definition) is 3. The summed E-state index contributed by atoms with van der Waals surface area (Å²) in [5, 5.41) is 2.56. The predicted molar refractivity (Wildman–Crippen MR) is 56.0 cm³/mol. The van der Waals surface area contributed by atoms with Crippen LogP contribution in [0.5, 0.6) is 5.75 Å². The van der Waals surface area contributed by atoms with Crippen molar-refractivity contribution in [2.24, 2.45) is 0 Å². The molecule has 1 saturated carbocycles. The molecule has 1 heterocycles. The molecule has 4 nitrogen and oxygen atoms in total. The summed E-state index contributed by atoms with van der Waals surface area (Å²) in [7, 11) is 1.59. The summed E-state index contributed by atoms with van der Waals surface area (Å²) in [5.74, 6) is 0.425. The molecule has 1 aromatic heterocycles. The number of ether oxygens (including phenoxy) is 1. The Labute approximate surface area is 88.7 Å². The molecule has 1 amide bonds. The Balaban J connectivity index is 2.33. The quantitative estimate of drug-likeness (QED) is 0.810. The first-order valence-corrected chi connectivity index (χ1v) is 5.06. The van der Waals surface area contributed by atoms with Gasteiger partial charge in [0.1, 0.15) is 0 Å². The molecule has 0 saturated heterocycles. The van der Waals surface area contributed by atoms with Gasteiger partial charge in [0.25, 0.3) is 5.91 Å². The molecule has 1 N–H and O–H groups in total. The van der Waals surface area contributed by atoms with Crippen molar-refractivity contribution in [3.63, 3.8) is 0 Å². The van der Waals surface area contributed by atoms with Crippen molar-refractivity contribution in [3.05, 3.63) is 23.5 Å². The molecule has 0 atom stereocenters. The number of pyridine rings is 1. The van der Waals surface area contributed by atoms with E-state index in [-0.39, 0.29) is 12.0 Å². The molecule has 0 bridgehead atoms. The maximum atomic E-state index is 11.5. The lowest BCUT2D eigenvalue weighted by atomic mass is 10.2. The Morgan fingerprint density at radius 2 is 2.33 bits per heavy atom. The molecule has 80 valence electrons. The lowest BCUT2D eigenvalue weighted by molar-refractivity contribution is 0.0953. The predicted octanol–water partition coefficient (Wildman–Crippen LogP) is 1.29. The number of aryl methyl sites for hydroxylation is 1. The third-order valence-corrected chi connectivity index (χ3v) is 2.35. The highest BCUT2D eigenvalue weighted by Gasteiger charge is 2.27. The Bertz CT molecular complexity index is 386. The van der Waals surface area contributed by atoms with Gasteiger partial charge in [-0.3, -0.25) is 4.79 Å². The number of carbonyl (C=O) groups excluding carboxylic acids is 1. The second-order valence-corrected chi connectivity index (χ2v) is 3.70. The second kappa shape index (κ2) is 3.88. The first kappa shape index (κ1) is 9.96. The van der Waals surface area contributed by atoms with Gasteiger partial charge < -0.3 is 10.1 Å². The van der Waals surface area contributed by atoms with Crippen LogP contribution in [0.2, 0.25) is 0 Å². The van der Waals surface area contributed by atoms with Gasteiger partial charge in [-0.05, 0) is 31.4 Å². The van der Waals surface area contributed by atoms with E-state index in [1.54, 1.807) is 13.2 Å². The number of hydrogen-bond donors (Lipinski definition) is 1. The van der Waals surface area contributed by atoms with Crippen LogP contribution in [0, 0.1) is 6.92 Å². The average Bonchev–Trinajstić information content (AvgIpc) is 3.04. The van der Waals surface area contributed by atoms with E-state index < -0.39 is 0 Å². The van der Waals surface area contributed by atoms with E-state index in [0.717, 1.165) is 18.4 Å². The topological polar surface area (TPSA) is 51.2 Å². The monoisotopic (exact) mass is 206 g/mol. The normalized spacial score (nSPS) is 14.8. The van der Waals surface area contributed by atoms with E-state index in [9.17, 15) is 4.79 Å². The summed E-state index contributed by atoms with van der Waals surface area (Å²) >= 11 is 0. The number of aromatic nitrogens is 1. The van der Waals surface area contributed by atoms with Crippen molar-refractivity contribution in [3.8, 4) is 5.75 Å². The highest BCUT2D eigenvalue weighted by molar-refractivity contribution is 5.95. The minimum Gasteiger partial charge on any atom is -0.488 e. The third-order valence-electron chi connectivity index (χ3n) is 2.35. The van der Waals surface area contributed by atoms with Crippen molar-refractivity contribution in [1.29, 1.82) is 0 Å². The van der Waals surface area contributed by atoms with Crippen LogP contribution in [-0.2, 0) is 0 Å². The molecule has 1 fully saturated rings. The van der Waals surface area contributed by atoms with Crippen LogP contribution in [0.4, 0.5) is 0 Å². The zero-order valence-electron chi connectivity index (χ0n) is 8.91. The van der Waals surface area contributed by atoms with Gasteiger partial charge in [0.2, 0.25) is 0 Å². The lowest BCUT2D eigenvalue weighted by Gasteiger charge is -2.11. The van der Waals surface area contributed by atoms with Crippen LogP contribution in [0.25, 0.3) is 0 Å². The van der Waals surface area contributed by atoms with E-state index in [0.29, 0.717) is 11.4 Å². The minimum absolute atomic E-state index is 0.200. The molecule has 4 heteroatoms. The third kappa shape index (κ3) is 2.09. The summed E-state index contributed by atoms with van der Waals surface area (Å²) in [6, 6.07) is 1.85. The fourth-order valence-corrected chi connectivity index (χ4v) is 1.33. The second-order valence-electron chi connectivity index (χ2n) is 3.70. The van der Waals surface area contributed by atoms with E-state index in [4.69, 9.17) is 4.74 Å². The van der Waals surface area contributed by atoms with Crippen LogP contribution in [0.1, 0.15) is 28.9 Å². The van der Waals surface area contributed by atoms with Crippen LogP contribution >= 0.6 is 0 Å². The van der Waals surface area contributed by atoms with E-state index in [1.807, 2.05) is 13.0 Å². The first-order valence-electron chi connectivity index (χ1n) is 5.06. The van der Waals surface area contributed by atoms with Gasteiger partial charge in [0.15, 0.2) is 11.4 Å². The minimum atomic E-state index is -0.200. The van der Waals surface area contributed by atoms with Gasteiger partial charge >= 0.3 is 0 Å². The van der Waals surface area contributed by atoms with Gasteiger partial charge in [0.05, 0.1) is 6.10 Å². The molecule has 1 aromatic rings. The largest absolute Gasteiger partial charge is 0.488 e. The summed E-state index contributed by atoms with van der Waals surface area (Å²) in [6.07, 6.45) is 4.04. The summed E-state index contributed by atoms with van der Waals surface area (Å²) in [5.41, 5.74) is 1.33. The Kier molecular flexibility index (Phi) is 2.58. The summed E-state index contributed by atoms with van der Waals surface area (Å²) < 4.78 is 5.69. The smallest absolute Gasteiger partial charge is 0.273 e. The van der Waals surface area contributed by atoms with Crippen LogP contribution in [0.15, 0.2) is 12.3 Å². The lowest BCUT2D eigenvalue weighted by Crippen LogP contribution is -2.21. The van der Waals surface area contributed by atoms with E-state index in [1.165, 1.54) is 0 Å². The van der Waals surface area contributed by atoms with E-state index >= 15 is 0 Å². The van der Waals surface area contributed by atoms with Gasteiger partial charge in [-0.15, -0.1) is 0 Å². The fourth-order valence-electron chi connectivity index (χ4n) is 1.33. The van der Waals surface area contributed by atoms with Gasteiger partial charge in [-0.2, -0.15) is 0 Å². The molecule has 0 aliphatic heterocycles. The Morgan fingerprint density at radius 1 is 1.60 bits per heavy atom. The van der Waals surface area contributed by atoms with Crippen molar-refractivity contribution < 1.29 is 9.53 Å². The van der Waals surface area contributed by atoms with Crippen molar-refractivity contribution in [1.82, 2.24) is 10.3 Å². The van der Waals surface area contributed by atoms with Crippen LogP contribution < -0.4 is 10.1 Å². The molecule has 0 unspecified atom stereocenters. The molecular formula is C11H14N2O2. The van der Waals surface area contributed by atoms with Crippen LogP contribution in [-0.4, -0.2) is 24.0 Å². The standard InChI is InChI=1S/C11H14N2O2/c1-7-5-6-13-9(11(14)12-2)10(7)15-8-3-4-8/h5-6,8H,3-4H2,1-2H3,(H,12,14). The first-order chi connectivity index (χ1) is 7.22. The summed E-state index contributed by atoms with van der Waals surface area (Å²) in [4.78, 5) is 15.6. The maximum Gasteiger partial charge on any atom is 0.273 e. The number of amides is 1. The molecule has 0 spiro atoms. The highest BCUT2D eigenvalue weighted by Crippen LogP contribution is 2.30. The Hall–Kier alpha value is -1.58. The van der Waals surface area contributed by atoms with Crippen molar-refractivity contribution in [2.45, 2.75) is 25.9 Å². The van der Waals surface area contributed by atoms with Crippen molar-refractivity contribution >= 4 is 5.91 Å². The molecule has 1 aliphatic carbocycles. The van der Waals surface area contributed by atoms with Gasteiger partial charge in [-0.1, -0.05) is 0 Å². The zero-order chi connectivity index (χ0) is 10.8. The Morgan fingerprint density at radius 3 is 2.93 bits per heavy atom. The van der Waals surface area contributed by atoms with Gasteiger partial charge in [-0.25, -0.2) is 4.98 Å². The van der Waals surface area contributed by atoms with Gasteiger partial charge in [0, 0.05) is 13.2 Å². The number of carbonyl (C=O) groups is 1. The maximum absolute atomic E-state index is 11.5.